The van der Waals surface area contributed by atoms with E-state index < -0.39 is 17.1 Å². The first-order chi connectivity index (χ1) is 13.5. The molecule has 3 rings (SSSR count). The van der Waals surface area contributed by atoms with E-state index >= 15 is 0 Å². The minimum Gasteiger partial charge on any atom is -0.493 e. The van der Waals surface area contributed by atoms with E-state index in [-0.39, 0.29) is 10.7 Å². The topological polar surface area (TPSA) is 112 Å². The van der Waals surface area contributed by atoms with Gasteiger partial charge < -0.3 is 10.4 Å². The van der Waals surface area contributed by atoms with Crippen LogP contribution in [0.4, 0.5) is 5.69 Å². The van der Waals surface area contributed by atoms with E-state index in [4.69, 9.17) is 12.2 Å². The Bertz CT molecular complexity index is 1150. The minimum atomic E-state index is -0.764. The van der Waals surface area contributed by atoms with Gasteiger partial charge in [-0.1, -0.05) is 36.4 Å². The van der Waals surface area contributed by atoms with Crippen molar-refractivity contribution in [3.8, 4) is 11.6 Å². The third-order valence-electron chi connectivity index (χ3n) is 3.87. The summed E-state index contributed by atoms with van der Waals surface area (Å²) >= 11 is 5.12. The number of nitrogens with zero attached hydrogens (tertiary/aromatic N) is 2. The fraction of sp³-hybridized carbons (Fsp3) is 0.0526. The molecule has 4 N–H and O–H groups in total. The Morgan fingerprint density at radius 3 is 2.54 bits per heavy atom. The second-order valence-corrected chi connectivity index (χ2v) is 6.22. The maximum absolute atomic E-state index is 12.2. The summed E-state index contributed by atoms with van der Waals surface area (Å²) in [6.45, 7) is 1.79. The number of aryl methyl sites for hydroxylation is 1. The molecule has 0 amide bonds. The van der Waals surface area contributed by atoms with E-state index in [2.05, 4.69) is 20.8 Å². The quantitative estimate of drug-likeness (QED) is 0.305. The van der Waals surface area contributed by atoms with Crippen LogP contribution in [-0.4, -0.2) is 26.0 Å². The van der Waals surface area contributed by atoms with Gasteiger partial charge in [-0.15, -0.1) is 0 Å². The Morgan fingerprint density at radius 2 is 1.82 bits per heavy atom. The average molecular weight is 395 g/mol. The number of nitrogens with one attached hydrogen (secondary N) is 3. The van der Waals surface area contributed by atoms with Gasteiger partial charge in [0.1, 0.15) is 5.56 Å². The van der Waals surface area contributed by atoms with Crippen LogP contribution < -0.4 is 22.0 Å². The van der Waals surface area contributed by atoms with Gasteiger partial charge in [-0.2, -0.15) is 5.10 Å². The number of hydrogen-bond acceptors (Lipinski definition) is 5. The van der Waals surface area contributed by atoms with Crippen molar-refractivity contribution < 1.29 is 5.11 Å². The molecule has 0 atom stereocenters. The second-order valence-electron chi connectivity index (χ2n) is 5.81. The summed E-state index contributed by atoms with van der Waals surface area (Å²) in [6, 6.07) is 16.2. The van der Waals surface area contributed by atoms with Crippen LogP contribution in [0.1, 0.15) is 11.1 Å². The molecule has 0 aliphatic carbocycles. The molecule has 28 heavy (non-hydrogen) atoms. The van der Waals surface area contributed by atoms with Crippen LogP contribution >= 0.6 is 12.2 Å². The molecule has 0 aliphatic rings. The number of rotatable bonds is 4. The Hall–Kier alpha value is -3.72. The van der Waals surface area contributed by atoms with Crippen molar-refractivity contribution in [1.29, 1.82) is 0 Å². The molecule has 8 nitrogen and oxygen atoms in total. The molecule has 1 aromatic heterocycles. The highest BCUT2D eigenvalue weighted by molar-refractivity contribution is 7.80. The highest BCUT2D eigenvalue weighted by Gasteiger charge is 2.15. The van der Waals surface area contributed by atoms with E-state index in [1.54, 1.807) is 31.2 Å². The molecule has 0 spiro atoms. The zero-order chi connectivity index (χ0) is 20.1. The molecule has 0 bridgehead atoms. The number of para-hydroxylation sites is 2. The largest absolute Gasteiger partial charge is 0.493 e. The monoisotopic (exact) mass is 395 g/mol. The molecule has 0 saturated heterocycles. The van der Waals surface area contributed by atoms with Crippen LogP contribution in [0.2, 0.25) is 0 Å². The van der Waals surface area contributed by atoms with Crippen molar-refractivity contribution in [2.45, 2.75) is 6.92 Å². The average Bonchev–Trinajstić information content (AvgIpc) is 2.66. The fourth-order valence-electron chi connectivity index (χ4n) is 2.53. The van der Waals surface area contributed by atoms with E-state index in [1.165, 1.54) is 0 Å². The second kappa shape index (κ2) is 8.31. The summed E-state index contributed by atoms with van der Waals surface area (Å²) in [5, 5.41) is 17.5. The van der Waals surface area contributed by atoms with E-state index in [0.29, 0.717) is 5.69 Å². The molecular formula is C19H17N5O3S. The third-order valence-corrected chi connectivity index (χ3v) is 4.06. The smallest absolute Gasteiger partial charge is 0.335 e. The maximum atomic E-state index is 12.2. The van der Waals surface area contributed by atoms with Gasteiger partial charge in [-0.3, -0.25) is 15.2 Å². The number of H-pyrrole nitrogens is 1. The summed E-state index contributed by atoms with van der Waals surface area (Å²) in [5.74, 6) is -0.518. The van der Waals surface area contributed by atoms with E-state index in [9.17, 15) is 14.7 Å². The molecule has 3 aromatic rings. The molecule has 2 aromatic carbocycles. The van der Waals surface area contributed by atoms with Gasteiger partial charge in [-0.25, -0.2) is 9.36 Å². The lowest BCUT2D eigenvalue weighted by Gasteiger charge is -2.12. The number of aromatic nitrogens is 2. The number of thiocarbonyl (C=S) groups is 1. The molecular weight excluding hydrogens is 378 g/mol. The summed E-state index contributed by atoms with van der Waals surface area (Å²) in [5.41, 5.74) is 2.83. The van der Waals surface area contributed by atoms with Gasteiger partial charge in [0.15, 0.2) is 5.11 Å². The predicted molar refractivity (Wildman–Crippen MR) is 112 cm³/mol. The van der Waals surface area contributed by atoms with Crippen molar-refractivity contribution in [1.82, 2.24) is 15.0 Å². The Morgan fingerprint density at radius 1 is 1.14 bits per heavy atom. The number of anilines is 1. The minimum absolute atomic E-state index is 0.183. The summed E-state index contributed by atoms with van der Waals surface area (Å²) in [7, 11) is 0. The van der Waals surface area contributed by atoms with Crippen molar-refractivity contribution in [2.75, 3.05) is 5.32 Å². The first kappa shape index (κ1) is 19.1. The number of benzene rings is 2. The molecule has 9 heteroatoms. The maximum Gasteiger partial charge on any atom is 0.335 e. The molecule has 0 radical (unpaired) electrons. The molecule has 142 valence electrons. The van der Waals surface area contributed by atoms with Gasteiger partial charge >= 0.3 is 5.69 Å². The first-order valence-corrected chi connectivity index (χ1v) is 8.67. The highest BCUT2D eigenvalue weighted by Crippen LogP contribution is 2.18. The molecule has 0 saturated carbocycles. The van der Waals surface area contributed by atoms with Crippen LogP contribution in [0, 0.1) is 6.92 Å². The van der Waals surface area contributed by atoms with E-state index in [0.717, 1.165) is 22.0 Å². The van der Waals surface area contributed by atoms with Gasteiger partial charge in [0.25, 0.3) is 5.56 Å². The zero-order valence-electron chi connectivity index (χ0n) is 14.8. The SMILES string of the molecule is Cc1ccccc1-n1c(O)c(/C=N/NC(=S)Nc2ccccc2)c(=O)[nH]c1=O. The third kappa shape index (κ3) is 4.15. The lowest BCUT2D eigenvalue weighted by molar-refractivity contribution is 0.430. The van der Waals surface area contributed by atoms with Crippen molar-refractivity contribution in [3.05, 3.63) is 86.6 Å². The summed E-state index contributed by atoms with van der Waals surface area (Å²) < 4.78 is 1.01. The van der Waals surface area contributed by atoms with Crippen LogP contribution in [0.25, 0.3) is 5.69 Å². The molecule has 0 fully saturated rings. The lowest BCUT2D eigenvalue weighted by atomic mass is 10.2. The van der Waals surface area contributed by atoms with Gasteiger partial charge in [-0.05, 0) is 42.9 Å². The molecule has 1 heterocycles. The lowest BCUT2D eigenvalue weighted by Crippen LogP contribution is -2.32. The zero-order valence-corrected chi connectivity index (χ0v) is 15.7. The van der Waals surface area contributed by atoms with Crippen molar-refractivity contribution in [2.24, 2.45) is 5.10 Å². The van der Waals surface area contributed by atoms with Crippen LogP contribution in [0.3, 0.4) is 0 Å². The van der Waals surface area contributed by atoms with Gasteiger partial charge in [0.05, 0.1) is 11.9 Å². The number of hydrazone groups is 1. The number of aromatic amines is 1. The van der Waals surface area contributed by atoms with Crippen molar-refractivity contribution >= 4 is 29.2 Å². The molecule has 0 aliphatic heterocycles. The number of aromatic hydroxyl groups is 1. The van der Waals surface area contributed by atoms with Crippen LogP contribution in [-0.2, 0) is 0 Å². The first-order valence-electron chi connectivity index (χ1n) is 8.27. The van der Waals surface area contributed by atoms with Crippen LogP contribution in [0.5, 0.6) is 5.88 Å². The fourth-order valence-corrected chi connectivity index (χ4v) is 2.70. The van der Waals surface area contributed by atoms with Crippen LogP contribution in [0.15, 0.2) is 69.3 Å². The van der Waals surface area contributed by atoms with Gasteiger partial charge in [0.2, 0.25) is 5.88 Å². The highest BCUT2D eigenvalue weighted by atomic mass is 32.1. The summed E-state index contributed by atoms with van der Waals surface area (Å²) in [4.78, 5) is 26.5. The standard InChI is InChI=1S/C19H17N5O3S/c1-12-7-5-6-10-15(12)24-17(26)14(16(25)22-19(24)27)11-20-23-18(28)21-13-8-3-2-4-9-13/h2-11,26H,1H3,(H2,21,23,28)(H,22,25,27)/b20-11+. The normalized spacial score (nSPS) is 10.8. The number of hydrogen-bond donors (Lipinski definition) is 4. The Kier molecular flexibility index (Phi) is 5.66. The Labute approximate surface area is 165 Å². The van der Waals surface area contributed by atoms with Gasteiger partial charge in [0, 0.05) is 5.69 Å². The van der Waals surface area contributed by atoms with Crippen molar-refractivity contribution in [3.63, 3.8) is 0 Å². The van der Waals surface area contributed by atoms with E-state index in [1.807, 2.05) is 30.3 Å². The Balaban J connectivity index is 1.86. The summed E-state index contributed by atoms with van der Waals surface area (Å²) in [6.07, 6.45) is 1.10. The predicted octanol–water partition coefficient (Wildman–Crippen LogP) is 1.86. The molecule has 0 unspecified atom stereocenters.